The average Bonchev–Trinajstić information content (AvgIpc) is 2.30. The van der Waals surface area contributed by atoms with E-state index in [0.717, 1.165) is 32.7 Å². The van der Waals surface area contributed by atoms with Crippen molar-refractivity contribution < 1.29 is 17.9 Å². The smallest absolute Gasteiger partial charge is 0.364 e. The quantitative estimate of drug-likeness (QED) is 0.685. The zero-order valence-electron chi connectivity index (χ0n) is 11.8. The summed E-state index contributed by atoms with van der Waals surface area (Å²) in [5.74, 6) is 0. The Hall–Kier alpha value is -0.290. The molecule has 0 spiro atoms. The van der Waals surface area contributed by atoms with Gasteiger partial charge >= 0.3 is 6.18 Å². The third-order valence-corrected chi connectivity index (χ3v) is 2.95. The van der Waals surface area contributed by atoms with E-state index in [1.54, 1.807) is 0 Å². The van der Waals surface area contributed by atoms with Crippen LogP contribution in [-0.4, -0.2) is 31.0 Å². The fourth-order valence-electron chi connectivity index (χ4n) is 1.88. The van der Waals surface area contributed by atoms with Crippen LogP contribution >= 0.6 is 0 Å². The Balaban J connectivity index is 4.48. The number of hydrogen-bond donors (Lipinski definition) is 1. The van der Waals surface area contributed by atoms with Crippen LogP contribution in [0.5, 0.6) is 0 Å². The third-order valence-electron chi connectivity index (χ3n) is 2.95. The molecule has 0 bridgehead atoms. The summed E-state index contributed by atoms with van der Waals surface area (Å²) in [7, 11) is 0. The Morgan fingerprint density at radius 2 is 1.72 bits per heavy atom. The lowest BCUT2D eigenvalue weighted by molar-refractivity contribution is -0.229. The Bertz CT molecular complexity index is 209. The van der Waals surface area contributed by atoms with Crippen LogP contribution in [0.25, 0.3) is 0 Å². The van der Waals surface area contributed by atoms with E-state index in [1.807, 2.05) is 20.8 Å². The molecule has 0 aliphatic heterocycles. The maximum absolute atomic E-state index is 12.5. The number of hydrogen-bond acceptors (Lipinski definition) is 2. The van der Waals surface area contributed by atoms with Crippen LogP contribution in [0.4, 0.5) is 13.2 Å². The van der Waals surface area contributed by atoms with Gasteiger partial charge in [-0.2, -0.15) is 13.2 Å². The molecule has 0 aromatic rings. The highest BCUT2D eigenvalue weighted by Gasteiger charge is 2.39. The Morgan fingerprint density at radius 3 is 2.11 bits per heavy atom. The predicted molar refractivity (Wildman–Crippen MR) is 67.7 cm³/mol. The van der Waals surface area contributed by atoms with Crippen LogP contribution in [-0.2, 0) is 4.74 Å². The highest BCUT2D eigenvalue weighted by Crippen LogP contribution is 2.25. The molecule has 0 aromatic heterocycles. The van der Waals surface area contributed by atoms with Crippen molar-refractivity contribution in [1.29, 1.82) is 0 Å². The van der Waals surface area contributed by atoms with Crippen molar-refractivity contribution in [2.75, 3.05) is 6.54 Å². The van der Waals surface area contributed by atoms with Gasteiger partial charge in [0.25, 0.3) is 0 Å². The third kappa shape index (κ3) is 6.59. The summed E-state index contributed by atoms with van der Waals surface area (Å²) in [6.07, 6.45) is -3.05. The zero-order valence-corrected chi connectivity index (χ0v) is 11.8. The van der Waals surface area contributed by atoms with Crippen molar-refractivity contribution in [3.05, 3.63) is 0 Å². The Labute approximate surface area is 108 Å². The molecule has 0 fully saturated rings. The molecule has 3 unspecified atom stereocenters. The lowest BCUT2D eigenvalue weighted by Crippen LogP contribution is -2.45. The van der Waals surface area contributed by atoms with Crippen molar-refractivity contribution in [2.45, 2.75) is 77.8 Å². The molecule has 0 radical (unpaired) electrons. The molecule has 3 atom stereocenters. The maximum atomic E-state index is 12.5. The molecule has 18 heavy (non-hydrogen) atoms. The van der Waals surface area contributed by atoms with Crippen molar-refractivity contribution in [1.82, 2.24) is 5.32 Å². The maximum Gasteiger partial charge on any atom is 0.414 e. The molecule has 0 aliphatic carbocycles. The van der Waals surface area contributed by atoms with E-state index in [0.29, 0.717) is 6.42 Å². The minimum atomic E-state index is -4.28. The second kappa shape index (κ2) is 8.75. The van der Waals surface area contributed by atoms with Gasteiger partial charge in [-0.1, -0.05) is 27.2 Å². The van der Waals surface area contributed by atoms with Gasteiger partial charge in [-0.3, -0.25) is 0 Å². The molecule has 0 aromatic carbocycles. The summed E-state index contributed by atoms with van der Waals surface area (Å²) < 4.78 is 42.7. The van der Waals surface area contributed by atoms with Crippen LogP contribution in [0, 0.1) is 0 Å². The lowest BCUT2D eigenvalue weighted by Gasteiger charge is -2.30. The first-order valence-corrected chi connectivity index (χ1v) is 6.82. The van der Waals surface area contributed by atoms with E-state index >= 15 is 0 Å². The van der Waals surface area contributed by atoms with Crippen molar-refractivity contribution >= 4 is 0 Å². The topological polar surface area (TPSA) is 21.3 Å². The molecule has 1 N–H and O–H groups in total. The van der Waals surface area contributed by atoms with Gasteiger partial charge in [0.05, 0.1) is 6.10 Å². The molecule has 110 valence electrons. The number of rotatable bonds is 9. The van der Waals surface area contributed by atoms with E-state index in [1.165, 1.54) is 0 Å². The summed E-state index contributed by atoms with van der Waals surface area (Å²) in [5, 5.41) is 3.29. The van der Waals surface area contributed by atoms with Gasteiger partial charge in [-0.05, 0) is 32.7 Å². The molecule has 0 saturated carbocycles. The van der Waals surface area contributed by atoms with Crippen LogP contribution < -0.4 is 5.32 Å². The molecule has 0 heterocycles. The van der Waals surface area contributed by atoms with Crippen molar-refractivity contribution in [2.24, 2.45) is 0 Å². The number of nitrogens with one attached hydrogen (secondary N) is 1. The highest BCUT2D eigenvalue weighted by molar-refractivity contribution is 4.78. The van der Waals surface area contributed by atoms with Crippen molar-refractivity contribution in [3.63, 3.8) is 0 Å². The minimum Gasteiger partial charge on any atom is -0.364 e. The summed E-state index contributed by atoms with van der Waals surface area (Å²) in [6.45, 7) is 7.82. The van der Waals surface area contributed by atoms with E-state index in [-0.39, 0.29) is 12.1 Å². The van der Waals surface area contributed by atoms with Crippen LogP contribution in [0.15, 0.2) is 0 Å². The first-order chi connectivity index (χ1) is 8.36. The molecular formula is C13H26F3NO. The van der Waals surface area contributed by atoms with Gasteiger partial charge in [0.2, 0.25) is 0 Å². The standard InChI is InChI=1S/C13H26F3NO/c1-5-8-11(17-9-6-2)12(7-3)18-10(4)13(14,15)16/h10-12,17H,5-9H2,1-4H3. The Morgan fingerprint density at radius 1 is 1.11 bits per heavy atom. The molecule has 2 nitrogen and oxygen atoms in total. The summed E-state index contributed by atoms with van der Waals surface area (Å²) in [4.78, 5) is 0. The summed E-state index contributed by atoms with van der Waals surface area (Å²) >= 11 is 0. The van der Waals surface area contributed by atoms with E-state index in [2.05, 4.69) is 5.32 Å². The van der Waals surface area contributed by atoms with Gasteiger partial charge < -0.3 is 10.1 Å². The largest absolute Gasteiger partial charge is 0.414 e. The second-order valence-corrected chi connectivity index (χ2v) is 4.62. The first kappa shape index (κ1) is 17.7. The number of halogens is 3. The van der Waals surface area contributed by atoms with Crippen LogP contribution in [0.2, 0.25) is 0 Å². The zero-order chi connectivity index (χ0) is 14.2. The fourth-order valence-corrected chi connectivity index (χ4v) is 1.88. The normalized spacial score (nSPS) is 17.5. The molecule has 0 amide bonds. The fraction of sp³-hybridized carbons (Fsp3) is 1.00. The average molecular weight is 269 g/mol. The molecule has 0 rings (SSSR count). The van der Waals surface area contributed by atoms with E-state index < -0.39 is 12.3 Å². The SMILES string of the molecule is CCCNC(CCC)C(CC)OC(C)C(F)(F)F. The summed E-state index contributed by atoms with van der Waals surface area (Å²) in [6, 6.07) is 0.00440. The van der Waals surface area contributed by atoms with Crippen molar-refractivity contribution in [3.8, 4) is 0 Å². The molecule has 0 aliphatic rings. The highest BCUT2D eigenvalue weighted by atomic mass is 19.4. The minimum absolute atomic E-state index is 0.00440. The van der Waals surface area contributed by atoms with E-state index in [9.17, 15) is 13.2 Å². The lowest BCUT2D eigenvalue weighted by atomic mass is 10.0. The monoisotopic (exact) mass is 269 g/mol. The van der Waals surface area contributed by atoms with Gasteiger partial charge in [-0.25, -0.2) is 0 Å². The van der Waals surface area contributed by atoms with Gasteiger partial charge in [0.15, 0.2) is 6.10 Å². The molecule has 0 saturated heterocycles. The van der Waals surface area contributed by atoms with Gasteiger partial charge in [0, 0.05) is 6.04 Å². The Kier molecular flexibility index (Phi) is 8.61. The predicted octanol–water partition coefficient (Wildman–Crippen LogP) is 3.90. The van der Waals surface area contributed by atoms with Gasteiger partial charge in [-0.15, -0.1) is 0 Å². The van der Waals surface area contributed by atoms with Crippen LogP contribution in [0.3, 0.4) is 0 Å². The number of alkyl halides is 3. The summed E-state index contributed by atoms with van der Waals surface area (Å²) in [5.41, 5.74) is 0. The second-order valence-electron chi connectivity index (χ2n) is 4.62. The van der Waals surface area contributed by atoms with Gasteiger partial charge in [0.1, 0.15) is 0 Å². The molecular weight excluding hydrogens is 243 g/mol. The first-order valence-electron chi connectivity index (χ1n) is 6.82. The van der Waals surface area contributed by atoms with E-state index in [4.69, 9.17) is 4.74 Å². The number of ether oxygens (including phenoxy) is 1. The molecule has 5 heteroatoms. The van der Waals surface area contributed by atoms with Crippen LogP contribution in [0.1, 0.15) is 53.4 Å².